The fourth-order valence-electron chi connectivity index (χ4n) is 4.30. The molecule has 5 nitrogen and oxygen atoms in total. The van der Waals surface area contributed by atoms with Gasteiger partial charge in [0.25, 0.3) is 0 Å². The second-order valence-electron chi connectivity index (χ2n) is 7.90. The predicted molar refractivity (Wildman–Crippen MR) is 120 cm³/mol. The molecule has 0 saturated carbocycles. The van der Waals surface area contributed by atoms with E-state index in [1.807, 2.05) is 36.8 Å². The fourth-order valence-corrected chi connectivity index (χ4v) is 4.75. The molecule has 0 aliphatic carbocycles. The topological polar surface area (TPSA) is 46.0 Å². The molecule has 3 aromatic rings. The van der Waals surface area contributed by atoms with E-state index in [2.05, 4.69) is 70.6 Å². The van der Waals surface area contributed by atoms with E-state index < -0.39 is 0 Å². The van der Waals surface area contributed by atoms with Crippen molar-refractivity contribution >= 4 is 17.3 Å². The molecule has 0 aromatic carbocycles. The van der Waals surface area contributed by atoms with E-state index in [0.29, 0.717) is 0 Å². The van der Waals surface area contributed by atoms with Crippen LogP contribution >= 0.6 is 12.2 Å². The summed E-state index contributed by atoms with van der Waals surface area (Å²) in [6, 6.07) is 12.9. The highest BCUT2D eigenvalue weighted by Crippen LogP contribution is 2.41. The van der Waals surface area contributed by atoms with E-state index in [4.69, 9.17) is 12.2 Å². The van der Waals surface area contributed by atoms with Crippen molar-refractivity contribution in [3.8, 4) is 0 Å². The van der Waals surface area contributed by atoms with Gasteiger partial charge in [0.15, 0.2) is 5.11 Å². The standard InChI is InChI=1S/C23H27N5S/c1-15(2)28-22(21(26-23(28)29)20-9-5-6-11-25-20)19-12-16(3)27(17(19)4)14-18-8-7-10-24-13-18/h5-13,15,21-22H,14H2,1-4H3,(H,26,29)/t21-,22-/m0/s1. The summed E-state index contributed by atoms with van der Waals surface area (Å²) in [4.78, 5) is 11.2. The zero-order valence-electron chi connectivity index (χ0n) is 17.3. The maximum Gasteiger partial charge on any atom is 0.170 e. The van der Waals surface area contributed by atoms with Crippen molar-refractivity contribution in [2.24, 2.45) is 0 Å². The molecule has 1 fully saturated rings. The van der Waals surface area contributed by atoms with Crippen LogP contribution in [0.2, 0.25) is 0 Å². The third kappa shape index (κ3) is 3.65. The number of hydrogen-bond donors (Lipinski definition) is 1. The van der Waals surface area contributed by atoms with Crippen LogP contribution < -0.4 is 5.32 Å². The van der Waals surface area contributed by atoms with Gasteiger partial charge < -0.3 is 14.8 Å². The zero-order valence-corrected chi connectivity index (χ0v) is 18.1. The summed E-state index contributed by atoms with van der Waals surface area (Å²) in [5, 5.41) is 4.32. The minimum Gasteiger partial charge on any atom is -0.352 e. The molecule has 4 rings (SSSR count). The lowest BCUT2D eigenvalue weighted by molar-refractivity contribution is 0.268. The third-order valence-electron chi connectivity index (χ3n) is 5.69. The van der Waals surface area contributed by atoms with Crippen molar-refractivity contribution in [2.45, 2.75) is 52.4 Å². The van der Waals surface area contributed by atoms with Gasteiger partial charge in [0.1, 0.15) is 0 Å². The number of nitrogens with one attached hydrogen (secondary N) is 1. The van der Waals surface area contributed by atoms with Crippen molar-refractivity contribution in [3.05, 3.63) is 83.2 Å². The molecular weight excluding hydrogens is 378 g/mol. The molecule has 0 amide bonds. The van der Waals surface area contributed by atoms with Crippen LogP contribution in [0.4, 0.5) is 0 Å². The molecule has 0 radical (unpaired) electrons. The van der Waals surface area contributed by atoms with E-state index in [1.165, 1.54) is 22.5 Å². The smallest absolute Gasteiger partial charge is 0.170 e. The zero-order chi connectivity index (χ0) is 20.5. The summed E-state index contributed by atoms with van der Waals surface area (Å²) in [5.74, 6) is 0. The van der Waals surface area contributed by atoms with E-state index in [9.17, 15) is 0 Å². The molecule has 1 aliphatic rings. The molecule has 29 heavy (non-hydrogen) atoms. The van der Waals surface area contributed by atoms with Crippen LogP contribution in [-0.2, 0) is 6.54 Å². The van der Waals surface area contributed by atoms with E-state index in [1.54, 1.807) is 0 Å². The van der Waals surface area contributed by atoms with Crippen molar-refractivity contribution in [3.63, 3.8) is 0 Å². The summed E-state index contributed by atoms with van der Waals surface area (Å²) in [7, 11) is 0. The van der Waals surface area contributed by atoms with Gasteiger partial charge in [-0.1, -0.05) is 12.1 Å². The molecule has 2 atom stereocenters. The van der Waals surface area contributed by atoms with Gasteiger partial charge >= 0.3 is 0 Å². The average molecular weight is 406 g/mol. The summed E-state index contributed by atoms with van der Waals surface area (Å²) in [6.07, 6.45) is 5.59. The Labute approximate surface area is 177 Å². The second-order valence-corrected chi connectivity index (χ2v) is 8.29. The minimum absolute atomic E-state index is 0.0263. The van der Waals surface area contributed by atoms with Gasteiger partial charge in [-0.15, -0.1) is 0 Å². The number of hydrogen-bond acceptors (Lipinski definition) is 3. The molecule has 1 saturated heterocycles. The van der Waals surface area contributed by atoms with Gasteiger partial charge in [-0.05, 0) is 75.3 Å². The normalized spacial score (nSPS) is 19.1. The first-order chi connectivity index (χ1) is 14.0. The number of thiocarbonyl (C=S) groups is 1. The molecule has 4 heterocycles. The summed E-state index contributed by atoms with van der Waals surface area (Å²) >= 11 is 5.73. The highest BCUT2D eigenvalue weighted by atomic mass is 32.1. The predicted octanol–water partition coefficient (Wildman–Crippen LogP) is 4.32. The SMILES string of the molecule is Cc1cc([C@H]2[C@H](c3ccccn3)NC(=S)N2C(C)C)c(C)n1Cc1cccnc1. The van der Waals surface area contributed by atoms with Gasteiger partial charge in [-0.2, -0.15) is 0 Å². The number of pyridine rings is 2. The van der Waals surface area contributed by atoms with Gasteiger partial charge in [0.2, 0.25) is 0 Å². The Kier molecular flexibility index (Phi) is 5.37. The van der Waals surface area contributed by atoms with Crippen molar-refractivity contribution < 1.29 is 0 Å². The first-order valence-corrected chi connectivity index (χ1v) is 10.4. The monoisotopic (exact) mass is 405 g/mol. The Morgan fingerprint density at radius 1 is 1.14 bits per heavy atom. The largest absolute Gasteiger partial charge is 0.352 e. The Morgan fingerprint density at radius 3 is 2.62 bits per heavy atom. The minimum atomic E-state index is 0.0263. The van der Waals surface area contributed by atoms with E-state index in [0.717, 1.165) is 17.4 Å². The van der Waals surface area contributed by atoms with Gasteiger partial charge in [0.05, 0.1) is 17.8 Å². The third-order valence-corrected chi connectivity index (χ3v) is 6.02. The van der Waals surface area contributed by atoms with E-state index >= 15 is 0 Å². The average Bonchev–Trinajstić information content (AvgIpc) is 3.20. The van der Waals surface area contributed by atoms with Crippen LogP contribution in [0.25, 0.3) is 0 Å². The summed E-state index contributed by atoms with van der Waals surface area (Å²) < 4.78 is 2.36. The van der Waals surface area contributed by atoms with Crippen LogP contribution in [0, 0.1) is 13.8 Å². The molecule has 0 bridgehead atoms. The number of rotatable bonds is 5. The molecule has 0 unspecified atom stereocenters. The van der Waals surface area contributed by atoms with Crippen LogP contribution in [-0.4, -0.2) is 30.6 Å². The van der Waals surface area contributed by atoms with Crippen LogP contribution in [0.1, 0.15) is 54.1 Å². The van der Waals surface area contributed by atoms with Crippen molar-refractivity contribution in [2.75, 3.05) is 0 Å². The molecule has 150 valence electrons. The Balaban J connectivity index is 1.77. The molecule has 6 heteroatoms. The van der Waals surface area contributed by atoms with Crippen LogP contribution in [0.5, 0.6) is 0 Å². The van der Waals surface area contributed by atoms with Gasteiger partial charge in [-0.25, -0.2) is 0 Å². The number of aromatic nitrogens is 3. The number of nitrogens with zero attached hydrogens (tertiary/aromatic N) is 4. The summed E-state index contributed by atoms with van der Waals surface area (Å²) in [5.41, 5.74) is 6.00. The molecule has 1 aliphatic heterocycles. The lowest BCUT2D eigenvalue weighted by atomic mass is 9.96. The lowest BCUT2D eigenvalue weighted by Crippen LogP contribution is -2.35. The maximum absolute atomic E-state index is 5.73. The lowest BCUT2D eigenvalue weighted by Gasteiger charge is -2.31. The quantitative estimate of drug-likeness (QED) is 0.641. The highest BCUT2D eigenvalue weighted by molar-refractivity contribution is 7.80. The molecule has 1 N–H and O–H groups in total. The molecule has 0 spiro atoms. The highest BCUT2D eigenvalue weighted by Gasteiger charge is 2.42. The summed E-state index contributed by atoms with van der Waals surface area (Å²) in [6.45, 7) is 9.57. The Hall–Kier alpha value is -2.73. The fraction of sp³-hybridized carbons (Fsp3) is 0.348. The molecular formula is C23H27N5S. The van der Waals surface area contributed by atoms with Crippen LogP contribution in [0.3, 0.4) is 0 Å². The number of aryl methyl sites for hydroxylation is 1. The molecule has 3 aromatic heterocycles. The second kappa shape index (κ2) is 7.95. The Morgan fingerprint density at radius 2 is 1.97 bits per heavy atom. The first kappa shape index (κ1) is 19.6. The van der Waals surface area contributed by atoms with Crippen molar-refractivity contribution in [1.29, 1.82) is 0 Å². The maximum atomic E-state index is 5.73. The van der Waals surface area contributed by atoms with E-state index in [-0.39, 0.29) is 18.1 Å². The Bertz CT molecular complexity index is 997. The van der Waals surface area contributed by atoms with Gasteiger partial charge in [-0.3, -0.25) is 9.97 Å². The van der Waals surface area contributed by atoms with Gasteiger partial charge in [0, 0.05) is 42.6 Å². The van der Waals surface area contributed by atoms with Crippen molar-refractivity contribution in [1.82, 2.24) is 24.8 Å². The first-order valence-electron chi connectivity index (χ1n) is 10.0. The van der Waals surface area contributed by atoms with Crippen LogP contribution in [0.15, 0.2) is 55.0 Å².